The molecule has 0 spiro atoms. The van der Waals surface area contributed by atoms with Crippen molar-refractivity contribution in [3.63, 3.8) is 0 Å². The molecule has 4 rings (SSSR count). The molecule has 0 amide bonds. The Kier molecular flexibility index (Phi) is 6.31. The van der Waals surface area contributed by atoms with Gasteiger partial charge >= 0.3 is 0 Å². The average molecular weight is 435 g/mol. The molecule has 9 heteroatoms. The molecule has 0 unspecified atom stereocenters. The maximum absolute atomic E-state index is 4.56. The van der Waals surface area contributed by atoms with Gasteiger partial charge < -0.3 is 9.80 Å². The van der Waals surface area contributed by atoms with E-state index in [-0.39, 0.29) is 0 Å². The molecule has 0 saturated carbocycles. The van der Waals surface area contributed by atoms with Crippen LogP contribution in [0.5, 0.6) is 0 Å². The molecule has 0 saturated heterocycles. The van der Waals surface area contributed by atoms with Gasteiger partial charge in [-0.3, -0.25) is 0 Å². The van der Waals surface area contributed by atoms with E-state index in [1.807, 2.05) is 36.9 Å². The van der Waals surface area contributed by atoms with Crippen molar-refractivity contribution in [1.82, 2.24) is 28.7 Å². The van der Waals surface area contributed by atoms with Crippen LogP contribution in [0.15, 0.2) is 36.9 Å². The molecule has 0 bridgehead atoms. The summed E-state index contributed by atoms with van der Waals surface area (Å²) in [5, 5.41) is 0. The van der Waals surface area contributed by atoms with Crippen LogP contribution in [0.3, 0.4) is 0 Å². The fourth-order valence-corrected chi connectivity index (χ4v) is 4.17. The summed E-state index contributed by atoms with van der Waals surface area (Å²) in [4.78, 5) is 22.5. The summed E-state index contributed by atoms with van der Waals surface area (Å²) in [6, 6.07) is 4.10. The van der Waals surface area contributed by atoms with E-state index in [9.17, 15) is 0 Å². The van der Waals surface area contributed by atoms with Crippen molar-refractivity contribution in [2.45, 2.75) is 27.7 Å². The van der Waals surface area contributed by atoms with Gasteiger partial charge in [-0.25, -0.2) is 19.9 Å². The second-order valence-corrected chi connectivity index (χ2v) is 7.54. The fraction of sp³-hybridized carbons (Fsp3) is 0.364. The quantitative estimate of drug-likeness (QED) is 0.406. The SMILES string of the molecule is CCN(CC)c1ncc(-c2ccc(-c3cnc(N(CC)CC)nc3)c3nsnc23)cn1. The molecule has 0 atom stereocenters. The number of benzene rings is 1. The predicted molar refractivity (Wildman–Crippen MR) is 127 cm³/mol. The number of aromatic nitrogens is 6. The highest BCUT2D eigenvalue weighted by atomic mass is 32.1. The lowest BCUT2D eigenvalue weighted by molar-refractivity contribution is 0.821. The van der Waals surface area contributed by atoms with Crippen LogP contribution < -0.4 is 9.80 Å². The van der Waals surface area contributed by atoms with Crippen molar-refractivity contribution in [3.8, 4) is 22.3 Å². The first-order chi connectivity index (χ1) is 15.2. The van der Waals surface area contributed by atoms with Crippen molar-refractivity contribution in [2.75, 3.05) is 36.0 Å². The highest BCUT2D eigenvalue weighted by Gasteiger charge is 2.15. The zero-order valence-electron chi connectivity index (χ0n) is 18.3. The summed E-state index contributed by atoms with van der Waals surface area (Å²) in [6.45, 7) is 11.9. The molecule has 4 aromatic rings. The van der Waals surface area contributed by atoms with Crippen LogP contribution in [0.1, 0.15) is 27.7 Å². The van der Waals surface area contributed by atoms with Gasteiger partial charge in [0.15, 0.2) is 0 Å². The van der Waals surface area contributed by atoms with Crippen LogP contribution >= 0.6 is 11.7 Å². The van der Waals surface area contributed by atoms with E-state index in [0.29, 0.717) is 0 Å². The molecule has 0 fully saturated rings. The van der Waals surface area contributed by atoms with Gasteiger partial charge in [0.25, 0.3) is 0 Å². The van der Waals surface area contributed by atoms with Gasteiger partial charge in [-0.1, -0.05) is 12.1 Å². The van der Waals surface area contributed by atoms with Crippen molar-refractivity contribution < 1.29 is 0 Å². The zero-order valence-corrected chi connectivity index (χ0v) is 19.1. The number of nitrogens with zero attached hydrogens (tertiary/aromatic N) is 8. The maximum atomic E-state index is 4.56. The van der Waals surface area contributed by atoms with E-state index >= 15 is 0 Å². The minimum atomic E-state index is 0.739. The molecule has 8 nitrogen and oxygen atoms in total. The minimum absolute atomic E-state index is 0.739. The molecular weight excluding hydrogens is 408 g/mol. The lowest BCUT2D eigenvalue weighted by atomic mass is 10.0. The molecule has 0 aliphatic rings. The maximum Gasteiger partial charge on any atom is 0.225 e. The molecule has 0 aliphatic heterocycles. The van der Waals surface area contributed by atoms with E-state index in [4.69, 9.17) is 0 Å². The van der Waals surface area contributed by atoms with Gasteiger partial charge in [-0.2, -0.15) is 8.75 Å². The smallest absolute Gasteiger partial charge is 0.225 e. The molecule has 0 aliphatic carbocycles. The third-order valence-corrected chi connectivity index (χ3v) is 5.93. The topological polar surface area (TPSA) is 83.8 Å². The Morgan fingerprint density at radius 1 is 0.613 bits per heavy atom. The number of anilines is 2. The van der Waals surface area contributed by atoms with E-state index in [1.54, 1.807) is 0 Å². The first-order valence-electron chi connectivity index (χ1n) is 10.6. The van der Waals surface area contributed by atoms with Crippen LogP contribution in [0, 0.1) is 0 Å². The highest BCUT2D eigenvalue weighted by molar-refractivity contribution is 7.00. The first kappa shape index (κ1) is 21.0. The average Bonchev–Trinajstić information content (AvgIpc) is 3.31. The predicted octanol–water partition coefficient (Wildman–Crippen LogP) is 4.30. The fourth-order valence-electron chi connectivity index (χ4n) is 3.59. The van der Waals surface area contributed by atoms with Crippen molar-refractivity contribution >= 4 is 34.7 Å². The van der Waals surface area contributed by atoms with E-state index < -0.39 is 0 Å². The van der Waals surface area contributed by atoms with Gasteiger partial charge in [0.1, 0.15) is 11.0 Å². The molecule has 1 aromatic carbocycles. The van der Waals surface area contributed by atoms with Crippen LogP contribution in [-0.4, -0.2) is 54.9 Å². The Hall–Kier alpha value is -3.20. The summed E-state index contributed by atoms with van der Waals surface area (Å²) in [6.07, 6.45) is 7.43. The molecule has 3 aromatic heterocycles. The van der Waals surface area contributed by atoms with E-state index in [0.717, 1.165) is 71.4 Å². The summed E-state index contributed by atoms with van der Waals surface area (Å²) in [7, 11) is 0. The third kappa shape index (κ3) is 4.05. The number of hydrogen-bond acceptors (Lipinski definition) is 9. The molecule has 31 heavy (non-hydrogen) atoms. The molecule has 0 radical (unpaired) electrons. The summed E-state index contributed by atoms with van der Waals surface area (Å²) in [5.74, 6) is 1.48. The van der Waals surface area contributed by atoms with Gasteiger partial charge in [0.2, 0.25) is 11.9 Å². The minimum Gasteiger partial charge on any atom is -0.341 e. The Morgan fingerprint density at radius 3 is 1.29 bits per heavy atom. The number of rotatable bonds is 8. The van der Waals surface area contributed by atoms with Gasteiger partial charge in [0, 0.05) is 73.2 Å². The lowest BCUT2D eigenvalue weighted by Gasteiger charge is -2.18. The van der Waals surface area contributed by atoms with E-state index in [1.165, 1.54) is 11.7 Å². The first-order valence-corrected chi connectivity index (χ1v) is 11.3. The Labute approximate surface area is 186 Å². The Balaban J connectivity index is 1.69. The highest BCUT2D eigenvalue weighted by Crippen LogP contribution is 2.34. The van der Waals surface area contributed by atoms with Gasteiger partial charge in [-0.15, -0.1) is 0 Å². The van der Waals surface area contributed by atoms with Crippen LogP contribution in [-0.2, 0) is 0 Å². The summed E-state index contributed by atoms with van der Waals surface area (Å²) < 4.78 is 9.12. The zero-order chi connectivity index (χ0) is 21.8. The number of hydrogen-bond donors (Lipinski definition) is 0. The van der Waals surface area contributed by atoms with Crippen molar-refractivity contribution in [2.24, 2.45) is 0 Å². The van der Waals surface area contributed by atoms with Crippen LogP contribution in [0.25, 0.3) is 33.3 Å². The largest absolute Gasteiger partial charge is 0.341 e. The second kappa shape index (κ2) is 9.30. The monoisotopic (exact) mass is 434 g/mol. The lowest BCUT2D eigenvalue weighted by Crippen LogP contribution is -2.23. The molecule has 160 valence electrons. The standard InChI is InChI=1S/C22H26N8S/c1-5-29(6-2)21-23-11-15(12-24-21)17-9-10-18(20-19(17)27-31-28-20)16-13-25-22(26-14-16)30(7-3)8-4/h9-14H,5-8H2,1-4H3. The second-order valence-electron chi connectivity index (χ2n) is 7.01. The van der Waals surface area contributed by atoms with Crippen molar-refractivity contribution in [1.29, 1.82) is 0 Å². The summed E-state index contributed by atoms with van der Waals surface area (Å²) >= 11 is 1.20. The molecular formula is C22H26N8S. The number of fused-ring (bicyclic) bond motifs is 1. The Morgan fingerprint density at radius 2 is 0.968 bits per heavy atom. The third-order valence-electron chi connectivity index (χ3n) is 5.41. The van der Waals surface area contributed by atoms with Gasteiger partial charge in [-0.05, 0) is 27.7 Å². The van der Waals surface area contributed by atoms with Crippen molar-refractivity contribution in [3.05, 3.63) is 36.9 Å². The molecule has 3 heterocycles. The van der Waals surface area contributed by atoms with Gasteiger partial charge in [0.05, 0.1) is 11.7 Å². The Bertz CT molecular complexity index is 1040. The summed E-state index contributed by atoms with van der Waals surface area (Å²) in [5.41, 5.74) is 5.48. The van der Waals surface area contributed by atoms with Crippen LogP contribution in [0.4, 0.5) is 11.9 Å². The van der Waals surface area contributed by atoms with E-state index in [2.05, 4.69) is 66.2 Å². The van der Waals surface area contributed by atoms with Crippen LogP contribution in [0.2, 0.25) is 0 Å². The normalized spacial score (nSPS) is 11.1. The molecule has 0 N–H and O–H groups in total.